The highest BCUT2D eigenvalue weighted by molar-refractivity contribution is 5.77. The minimum absolute atomic E-state index is 0.00986. The molecule has 3 heteroatoms. The van der Waals surface area contributed by atoms with Crippen molar-refractivity contribution in [2.24, 2.45) is 0 Å². The third kappa shape index (κ3) is 4.86. The molecule has 0 aromatic rings. The quantitative estimate of drug-likeness (QED) is 0.663. The molecule has 0 aromatic carbocycles. The first-order valence-corrected chi connectivity index (χ1v) is 5.30. The van der Waals surface area contributed by atoms with Gasteiger partial charge in [-0.25, -0.2) is 0 Å². The molecule has 1 atom stereocenters. The summed E-state index contributed by atoms with van der Waals surface area (Å²) in [5.41, 5.74) is -0.691. The third-order valence-electron chi connectivity index (χ3n) is 2.38. The van der Waals surface area contributed by atoms with Crippen molar-refractivity contribution in [3.05, 3.63) is 0 Å². The number of carbonyl (C=O) groups is 1. The van der Waals surface area contributed by atoms with E-state index in [1.165, 1.54) is 0 Å². The molecule has 3 nitrogen and oxygen atoms in total. The van der Waals surface area contributed by atoms with E-state index in [1.54, 1.807) is 6.92 Å². The normalized spacial score (nSPS) is 14.1. The summed E-state index contributed by atoms with van der Waals surface area (Å²) in [7, 11) is 0. The second-order valence-electron chi connectivity index (χ2n) is 3.80. The molecule has 0 radical (unpaired) electrons. The van der Waals surface area contributed by atoms with Crippen LogP contribution in [-0.4, -0.2) is 11.4 Å². The highest BCUT2D eigenvalue weighted by Gasteiger charge is 2.22. The van der Waals surface area contributed by atoms with Gasteiger partial charge in [0, 0.05) is 6.42 Å². The molecule has 0 spiro atoms. The van der Waals surface area contributed by atoms with Gasteiger partial charge in [-0.3, -0.25) is 4.79 Å². The summed E-state index contributed by atoms with van der Waals surface area (Å²) in [5, 5.41) is 11.6. The molecule has 0 bridgehead atoms. The Kier molecular flexibility index (Phi) is 5.94. The fraction of sp³-hybridized carbons (Fsp3) is 0.818. The molecule has 14 heavy (non-hydrogen) atoms. The Morgan fingerprint density at radius 3 is 2.50 bits per heavy atom. The first kappa shape index (κ1) is 13.0. The van der Waals surface area contributed by atoms with Gasteiger partial charge in [-0.15, -0.1) is 0 Å². The number of amides is 1. The van der Waals surface area contributed by atoms with E-state index in [9.17, 15) is 4.79 Å². The molecule has 1 unspecified atom stereocenters. The molecule has 0 saturated heterocycles. The van der Waals surface area contributed by atoms with E-state index in [4.69, 9.17) is 5.26 Å². The zero-order chi connectivity index (χ0) is 11.0. The van der Waals surface area contributed by atoms with Crippen molar-refractivity contribution in [3.63, 3.8) is 0 Å². The third-order valence-corrected chi connectivity index (χ3v) is 2.38. The van der Waals surface area contributed by atoms with Gasteiger partial charge in [0.15, 0.2) is 0 Å². The zero-order valence-electron chi connectivity index (χ0n) is 9.39. The number of nitriles is 1. The van der Waals surface area contributed by atoms with Gasteiger partial charge < -0.3 is 5.32 Å². The SMILES string of the molecule is CCCCCC(=O)NC(C)(C#N)CC. The standard InChI is InChI=1S/C11H20N2O/c1-4-6-7-8-10(14)13-11(3,5-2)9-12/h4-8H2,1-3H3,(H,13,14). The number of hydrogen-bond acceptors (Lipinski definition) is 2. The number of nitrogens with one attached hydrogen (secondary N) is 1. The van der Waals surface area contributed by atoms with Crippen LogP contribution in [-0.2, 0) is 4.79 Å². The van der Waals surface area contributed by atoms with E-state index in [-0.39, 0.29) is 5.91 Å². The van der Waals surface area contributed by atoms with Gasteiger partial charge in [0.05, 0.1) is 6.07 Å². The van der Waals surface area contributed by atoms with Gasteiger partial charge in [-0.2, -0.15) is 5.26 Å². The van der Waals surface area contributed by atoms with Gasteiger partial charge in [0.1, 0.15) is 5.54 Å². The second kappa shape index (κ2) is 6.42. The van der Waals surface area contributed by atoms with Crippen LogP contribution in [0.3, 0.4) is 0 Å². The monoisotopic (exact) mass is 196 g/mol. The molecular formula is C11H20N2O. The van der Waals surface area contributed by atoms with Crippen molar-refractivity contribution < 1.29 is 4.79 Å². The maximum absolute atomic E-state index is 11.4. The van der Waals surface area contributed by atoms with Crippen molar-refractivity contribution in [2.45, 2.75) is 58.4 Å². The van der Waals surface area contributed by atoms with Gasteiger partial charge >= 0.3 is 0 Å². The Morgan fingerprint density at radius 2 is 2.07 bits per heavy atom. The minimum atomic E-state index is -0.691. The number of rotatable bonds is 6. The molecule has 0 rings (SSSR count). The van der Waals surface area contributed by atoms with Crippen molar-refractivity contribution in [1.82, 2.24) is 5.32 Å². The molecule has 80 valence electrons. The predicted octanol–water partition coefficient (Wildman–Crippen LogP) is 2.38. The lowest BCUT2D eigenvalue weighted by molar-refractivity contribution is -0.122. The number of carbonyl (C=O) groups excluding carboxylic acids is 1. The molecule has 1 amide bonds. The number of hydrogen-bond donors (Lipinski definition) is 1. The summed E-state index contributed by atoms with van der Waals surface area (Å²) in [6, 6.07) is 2.12. The topological polar surface area (TPSA) is 52.9 Å². The smallest absolute Gasteiger partial charge is 0.221 e. The van der Waals surface area contributed by atoms with Crippen LogP contribution in [0.2, 0.25) is 0 Å². The van der Waals surface area contributed by atoms with Crippen molar-refractivity contribution >= 4 is 5.91 Å². The summed E-state index contributed by atoms with van der Waals surface area (Å²) < 4.78 is 0. The van der Waals surface area contributed by atoms with Crippen molar-refractivity contribution in [2.75, 3.05) is 0 Å². The fourth-order valence-corrected chi connectivity index (χ4v) is 1.10. The minimum Gasteiger partial charge on any atom is -0.338 e. The summed E-state index contributed by atoms with van der Waals surface area (Å²) in [6.07, 6.45) is 4.26. The fourth-order valence-electron chi connectivity index (χ4n) is 1.10. The molecule has 0 aromatic heterocycles. The molecule has 1 N–H and O–H groups in total. The maximum atomic E-state index is 11.4. The van der Waals surface area contributed by atoms with Crippen LogP contribution in [0.15, 0.2) is 0 Å². The molecule has 0 saturated carbocycles. The van der Waals surface area contributed by atoms with E-state index in [0.717, 1.165) is 19.3 Å². The van der Waals surface area contributed by atoms with Gasteiger partial charge in [-0.05, 0) is 19.8 Å². The van der Waals surface area contributed by atoms with Crippen LogP contribution >= 0.6 is 0 Å². The van der Waals surface area contributed by atoms with Gasteiger partial charge in [0.25, 0.3) is 0 Å². The van der Waals surface area contributed by atoms with Crippen LogP contribution in [0.25, 0.3) is 0 Å². The molecule has 0 fully saturated rings. The maximum Gasteiger partial charge on any atom is 0.221 e. The lowest BCUT2D eigenvalue weighted by Crippen LogP contribution is -2.44. The van der Waals surface area contributed by atoms with E-state index in [0.29, 0.717) is 12.8 Å². The highest BCUT2D eigenvalue weighted by atomic mass is 16.1. The van der Waals surface area contributed by atoms with Crippen LogP contribution < -0.4 is 5.32 Å². The Morgan fingerprint density at radius 1 is 1.43 bits per heavy atom. The van der Waals surface area contributed by atoms with E-state index >= 15 is 0 Å². The second-order valence-corrected chi connectivity index (χ2v) is 3.80. The first-order valence-electron chi connectivity index (χ1n) is 5.30. The lowest BCUT2D eigenvalue weighted by atomic mass is 10.0. The number of unbranched alkanes of at least 4 members (excludes halogenated alkanes) is 2. The first-order chi connectivity index (χ1) is 6.58. The molecular weight excluding hydrogens is 176 g/mol. The van der Waals surface area contributed by atoms with Crippen LogP contribution in [0.1, 0.15) is 52.9 Å². The Balaban J connectivity index is 3.87. The lowest BCUT2D eigenvalue weighted by Gasteiger charge is -2.21. The molecule has 0 aliphatic carbocycles. The van der Waals surface area contributed by atoms with E-state index in [2.05, 4.69) is 18.3 Å². The Bertz CT molecular complexity index is 220. The van der Waals surface area contributed by atoms with Gasteiger partial charge in [0.2, 0.25) is 5.91 Å². The zero-order valence-corrected chi connectivity index (χ0v) is 9.39. The Labute approximate surface area is 86.5 Å². The largest absolute Gasteiger partial charge is 0.338 e. The summed E-state index contributed by atoms with van der Waals surface area (Å²) in [4.78, 5) is 11.4. The van der Waals surface area contributed by atoms with E-state index in [1.807, 2.05) is 6.92 Å². The predicted molar refractivity (Wildman–Crippen MR) is 56.6 cm³/mol. The molecule has 0 heterocycles. The van der Waals surface area contributed by atoms with Crippen molar-refractivity contribution in [1.29, 1.82) is 5.26 Å². The molecule has 0 aliphatic rings. The Hall–Kier alpha value is -1.04. The summed E-state index contributed by atoms with van der Waals surface area (Å²) in [6.45, 7) is 5.75. The average Bonchev–Trinajstić information content (AvgIpc) is 2.18. The highest BCUT2D eigenvalue weighted by Crippen LogP contribution is 2.08. The number of nitrogens with zero attached hydrogens (tertiary/aromatic N) is 1. The van der Waals surface area contributed by atoms with Crippen LogP contribution in [0.5, 0.6) is 0 Å². The van der Waals surface area contributed by atoms with Crippen molar-refractivity contribution in [3.8, 4) is 6.07 Å². The average molecular weight is 196 g/mol. The van der Waals surface area contributed by atoms with Crippen LogP contribution in [0.4, 0.5) is 0 Å². The van der Waals surface area contributed by atoms with E-state index < -0.39 is 5.54 Å². The van der Waals surface area contributed by atoms with Crippen LogP contribution in [0, 0.1) is 11.3 Å². The van der Waals surface area contributed by atoms with Gasteiger partial charge in [-0.1, -0.05) is 26.7 Å². The summed E-state index contributed by atoms with van der Waals surface area (Å²) >= 11 is 0. The summed E-state index contributed by atoms with van der Waals surface area (Å²) in [5.74, 6) is -0.00986. The molecule has 0 aliphatic heterocycles.